The average molecular weight is 603 g/mol. The Morgan fingerprint density at radius 1 is 0.477 bits per heavy atom. The minimum atomic E-state index is -0.561. The van der Waals surface area contributed by atoms with E-state index in [4.69, 9.17) is 28.4 Å². The van der Waals surface area contributed by atoms with Crippen molar-refractivity contribution in [3.8, 4) is 23.0 Å². The van der Waals surface area contributed by atoms with Crippen LogP contribution in [0.25, 0.3) is 0 Å². The third-order valence-corrected chi connectivity index (χ3v) is 5.86. The van der Waals surface area contributed by atoms with E-state index in [1.807, 2.05) is 0 Å². The number of esters is 4. The molecule has 0 spiro atoms. The van der Waals surface area contributed by atoms with Crippen molar-refractivity contribution >= 4 is 23.9 Å². The Morgan fingerprint density at radius 2 is 0.841 bits per heavy atom. The maximum absolute atomic E-state index is 12.5. The van der Waals surface area contributed by atoms with Gasteiger partial charge in [0.2, 0.25) is 0 Å². The van der Waals surface area contributed by atoms with Crippen molar-refractivity contribution in [3.05, 3.63) is 109 Å². The molecule has 0 aliphatic carbocycles. The second-order valence-corrected chi connectivity index (χ2v) is 9.15. The second kappa shape index (κ2) is 18.2. The van der Waals surface area contributed by atoms with Gasteiger partial charge >= 0.3 is 23.9 Å². The highest BCUT2D eigenvalue weighted by Crippen LogP contribution is 2.21. The first-order valence-corrected chi connectivity index (χ1v) is 14.0. The summed E-state index contributed by atoms with van der Waals surface area (Å²) in [5, 5.41) is 0. The first-order chi connectivity index (χ1) is 21.4. The van der Waals surface area contributed by atoms with E-state index in [0.717, 1.165) is 31.4 Å². The molecule has 3 aromatic carbocycles. The zero-order valence-electron chi connectivity index (χ0n) is 24.2. The monoisotopic (exact) mass is 602 g/mol. The number of carbonyl (C=O) groups is 4. The summed E-state index contributed by atoms with van der Waals surface area (Å²) in [6.45, 7) is 8.07. The summed E-state index contributed by atoms with van der Waals surface area (Å²) >= 11 is 0. The Balaban J connectivity index is 1.37. The Hall–Kier alpha value is -5.38. The van der Waals surface area contributed by atoms with E-state index in [0.29, 0.717) is 48.9 Å². The normalized spacial score (nSPS) is 10.2. The van der Waals surface area contributed by atoms with E-state index in [-0.39, 0.29) is 18.1 Å². The molecule has 0 fully saturated rings. The number of hydrogen-bond acceptors (Lipinski definition) is 10. The van der Waals surface area contributed by atoms with Crippen LogP contribution in [-0.2, 0) is 19.1 Å². The lowest BCUT2D eigenvalue weighted by Crippen LogP contribution is -2.10. The molecule has 0 heterocycles. The fourth-order valence-corrected chi connectivity index (χ4v) is 3.57. The van der Waals surface area contributed by atoms with Crippen molar-refractivity contribution in [1.82, 2.24) is 0 Å². The molecule has 0 saturated heterocycles. The van der Waals surface area contributed by atoms with Crippen LogP contribution in [0.15, 0.2) is 98.1 Å². The largest absolute Gasteiger partial charge is 0.494 e. The van der Waals surface area contributed by atoms with Gasteiger partial charge in [0.1, 0.15) is 23.0 Å². The third kappa shape index (κ3) is 11.8. The van der Waals surface area contributed by atoms with Crippen molar-refractivity contribution in [2.24, 2.45) is 0 Å². The van der Waals surface area contributed by atoms with E-state index in [9.17, 15) is 19.2 Å². The number of hydrogen-bond donors (Lipinski definition) is 0. The van der Waals surface area contributed by atoms with Crippen LogP contribution >= 0.6 is 0 Å². The highest BCUT2D eigenvalue weighted by Gasteiger charge is 2.12. The van der Waals surface area contributed by atoms with Crippen LogP contribution in [0, 0.1) is 0 Å². The molecule has 0 aliphatic rings. The molecule has 0 aromatic heterocycles. The summed E-state index contributed by atoms with van der Waals surface area (Å²) in [5.74, 6) is -0.269. The van der Waals surface area contributed by atoms with Crippen LogP contribution < -0.4 is 18.9 Å². The second-order valence-electron chi connectivity index (χ2n) is 9.15. The molecule has 230 valence electrons. The van der Waals surface area contributed by atoms with E-state index < -0.39 is 23.9 Å². The molecule has 0 amide bonds. The van der Waals surface area contributed by atoms with Gasteiger partial charge in [0.05, 0.1) is 37.6 Å². The fourth-order valence-electron chi connectivity index (χ4n) is 3.57. The molecule has 0 N–H and O–H groups in total. The zero-order chi connectivity index (χ0) is 31.6. The topological polar surface area (TPSA) is 124 Å². The molecular formula is C34H34O10. The lowest BCUT2D eigenvalue weighted by molar-refractivity contribution is -0.138. The summed E-state index contributed by atoms with van der Waals surface area (Å²) < 4.78 is 31.9. The molecule has 0 atom stereocenters. The third-order valence-electron chi connectivity index (χ3n) is 5.86. The molecular weight excluding hydrogens is 568 g/mol. The molecule has 0 bridgehead atoms. The van der Waals surface area contributed by atoms with Crippen LogP contribution in [0.2, 0.25) is 0 Å². The first-order valence-electron chi connectivity index (χ1n) is 14.0. The van der Waals surface area contributed by atoms with Crippen molar-refractivity contribution in [1.29, 1.82) is 0 Å². The van der Waals surface area contributed by atoms with Gasteiger partial charge in [0.25, 0.3) is 0 Å². The van der Waals surface area contributed by atoms with Gasteiger partial charge < -0.3 is 28.4 Å². The van der Waals surface area contributed by atoms with Gasteiger partial charge in [-0.2, -0.15) is 0 Å². The number of benzene rings is 3. The van der Waals surface area contributed by atoms with Crippen LogP contribution in [0.4, 0.5) is 0 Å². The van der Waals surface area contributed by atoms with Gasteiger partial charge in [-0.15, -0.1) is 0 Å². The zero-order valence-corrected chi connectivity index (χ0v) is 24.2. The van der Waals surface area contributed by atoms with E-state index >= 15 is 0 Å². The first kappa shape index (κ1) is 33.1. The van der Waals surface area contributed by atoms with Gasteiger partial charge in [-0.25, -0.2) is 19.2 Å². The van der Waals surface area contributed by atoms with E-state index in [2.05, 4.69) is 13.2 Å². The molecule has 0 unspecified atom stereocenters. The van der Waals surface area contributed by atoms with Crippen LogP contribution in [0.1, 0.15) is 46.4 Å². The maximum atomic E-state index is 12.5. The smallest absolute Gasteiger partial charge is 0.343 e. The van der Waals surface area contributed by atoms with E-state index in [1.54, 1.807) is 48.5 Å². The van der Waals surface area contributed by atoms with Gasteiger partial charge in [0, 0.05) is 18.6 Å². The summed E-state index contributed by atoms with van der Waals surface area (Å²) in [5.41, 5.74) is 0.673. The van der Waals surface area contributed by atoms with Gasteiger partial charge in [-0.05, 0) is 92.1 Å². The number of carbonyl (C=O) groups excluding carboxylic acids is 4. The molecule has 3 aromatic rings. The quantitative estimate of drug-likeness (QED) is 0.0752. The van der Waals surface area contributed by atoms with Crippen LogP contribution in [0.5, 0.6) is 23.0 Å². The standard InChI is InChI=1S/C34H34O10/c1-3-31(35)41-22-7-5-6-21-39-27-13-9-25(10-14-27)33(37)43-29-17-19-30(20-18-29)44-34(38)26-11-15-28(16-12-26)40-23-8-24-42-32(36)4-2/h3-4,9-20H,1-2,5-8,21-24H2. The lowest BCUT2D eigenvalue weighted by atomic mass is 10.2. The SMILES string of the molecule is C=CC(=O)OCCCCCOc1ccc(C(=O)Oc2ccc(OC(=O)c3ccc(OCCCOC(=O)C=C)cc3)cc2)cc1. The molecule has 10 heteroatoms. The van der Waals surface area contributed by atoms with Gasteiger partial charge in [-0.1, -0.05) is 13.2 Å². The molecule has 3 rings (SSSR count). The summed E-state index contributed by atoms with van der Waals surface area (Å²) in [6.07, 6.45) is 5.12. The molecule has 0 radical (unpaired) electrons. The van der Waals surface area contributed by atoms with Gasteiger partial charge in [0.15, 0.2) is 0 Å². The van der Waals surface area contributed by atoms with Crippen molar-refractivity contribution < 1.29 is 47.6 Å². The molecule has 10 nitrogen and oxygen atoms in total. The lowest BCUT2D eigenvalue weighted by Gasteiger charge is -2.09. The number of unbranched alkanes of at least 4 members (excludes halogenated alkanes) is 2. The Labute approximate surface area is 255 Å². The summed E-state index contributed by atoms with van der Waals surface area (Å²) in [6, 6.07) is 19.1. The van der Waals surface area contributed by atoms with Crippen molar-refractivity contribution in [2.45, 2.75) is 25.7 Å². The average Bonchev–Trinajstić information content (AvgIpc) is 3.05. The molecule has 44 heavy (non-hydrogen) atoms. The van der Waals surface area contributed by atoms with Crippen molar-refractivity contribution in [2.75, 3.05) is 26.4 Å². The van der Waals surface area contributed by atoms with Crippen LogP contribution in [0.3, 0.4) is 0 Å². The van der Waals surface area contributed by atoms with E-state index in [1.165, 1.54) is 24.3 Å². The Bertz CT molecular complexity index is 1390. The molecule has 0 saturated carbocycles. The minimum Gasteiger partial charge on any atom is -0.494 e. The maximum Gasteiger partial charge on any atom is 0.343 e. The fraction of sp³-hybridized carbons (Fsp3) is 0.235. The summed E-state index contributed by atoms with van der Waals surface area (Å²) in [7, 11) is 0. The highest BCUT2D eigenvalue weighted by atomic mass is 16.5. The predicted octanol–water partition coefficient (Wildman–Crippen LogP) is 5.90. The Kier molecular flexibility index (Phi) is 13.7. The highest BCUT2D eigenvalue weighted by molar-refractivity contribution is 5.92. The minimum absolute atomic E-state index is 0.220. The number of ether oxygens (including phenoxy) is 6. The van der Waals surface area contributed by atoms with Crippen molar-refractivity contribution in [3.63, 3.8) is 0 Å². The van der Waals surface area contributed by atoms with Crippen LogP contribution in [-0.4, -0.2) is 50.3 Å². The van der Waals surface area contributed by atoms with Gasteiger partial charge in [-0.3, -0.25) is 0 Å². The predicted molar refractivity (Wildman–Crippen MR) is 161 cm³/mol. The Morgan fingerprint density at radius 3 is 1.27 bits per heavy atom. The number of rotatable bonds is 18. The summed E-state index contributed by atoms with van der Waals surface area (Å²) in [4.78, 5) is 47.1. The molecule has 0 aliphatic heterocycles.